The summed E-state index contributed by atoms with van der Waals surface area (Å²) in [5.74, 6) is 2.67. The van der Waals surface area contributed by atoms with Crippen LogP contribution in [-0.4, -0.2) is 74.2 Å². The van der Waals surface area contributed by atoms with E-state index < -0.39 is 0 Å². The van der Waals surface area contributed by atoms with Crippen LogP contribution < -0.4 is 5.32 Å². The van der Waals surface area contributed by atoms with Gasteiger partial charge in [0, 0.05) is 37.6 Å². The molecule has 0 aliphatic carbocycles. The lowest BCUT2D eigenvalue weighted by Gasteiger charge is -2.36. The number of amides is 1. The highest BCUT2D eigenvalue weighted by molar-refractivity contribution is 5.91. The molecule has 2 saturated heterocycles. The summed E-state index contributed by atoms with van der Waals surface area (Å²) in [7, 11) is 0. The summed E-state index contributed by atoms with van der Waals surface area (Å²) in [4.78, 5) is 26.7. The average Bonchev–Trinajstić information content (AvgIpc) is 3.57. The Hall–Kier alpha value is -3.04. The summed E-state index contributed by atoms with van der Waals surface area (Å²) in [5.41, 5.74) is 0. The molecular formula is C23H29N7O2. The zero-order valence-corrected chi connectivity index (χ0v) is 18.4. The van der Waals surface area contributed by atoms with Gasteiger partial charge in [0.2, 0.25) is 5.91 Å². The number of furan rings is 1. The molecule has 2 aliphatic rings. The van der Waals surface area contributed by atoms with Gasteiger partial charge in [-0.15, -0.1) is 0 Å². The van der Waals surface area contributed by atoms with Gasteiger partial charge in [0.25, 0.3) is 0 Å². The molecule has 0 aromatic carbocycles. The van der Waals surface area contributed by atoms with E-state index in [1.807, 2.05) is 25.1 Å². The number of anilines is 1. The van der Waals surface area contributed by atoms with Gasteiger partial charge in [-0.25, -0.2) is 14.6 Å². The second-order valence-electron chi connectivity index (χ2n) is 8.59. The van der Waals surface area contributed by atoms with Crippen molar-refractivity contribution in [1.82, 2.24) is 29.5 Å². The molecule has 2 fully saturated rings. The van der Waals surface area contributed by atoms with Crippen LogP contribution in [0.2, 0.25) is 0 Å². The first-order valence-corrected chi connectivity index (χ1v) is 11.4. The van der Waals surface area contributed by atoms with Crippen LogP contribution in [0.4, 0.5) is 5.82 Å². The average molecular weight is 436 g/mol. The molecule has 3 aromatic heterocycles. The number of rotatable bonds is 6. The normalized spacial score (nSPS) is 18.3. The molecule has 5 heterocycles. The largest absolute Gasteiger partial charge is 0.458 e. The van der Waals surface area contributed by atoms with Crippen molar-refractivity contribution in [3.8, 4) is 17.4 Å². The first-order valence-electron chi connectivity index (χ1n) is 11.4. The number of nitrogens with zero attached hydrogens (tertiary/aromatic N) is 6. The van der Waals surface area contributed by atoms with Crippen LogP contribution >= 0.6 is 0 Å². The Morgan fingerprint density at radius 2 is 1.97 bits per heavy atom. The summed E-state index contributed by atoms with van der Waals surface area (Å²) in [5, 5.41) is 7.20. The maximum Gasteiger partial charge on any atom is 0.239 e. The predicted molar refractivity (Wildman–Crippen MR) is 120 cm³/mol. The van der Waals surface area contributed by atoms with Crippen LogP contribution in [-0.2, 0) is 4.79 Å². The van der Waals surface area contributed by atoms with Gasteiger partial charge in [-0.05, 0) is 63.9 Å². The Labute approximate surface area is 187 Å². The van der Waals surface area contributed by atoms with E-state index in [1.165, 1.54) is 25.9 Å². The van der Waals surface area contributed by atoms with E-state index in [0.717, 1.165) is 31.7 Å². The van der Waals surface area contributed by atoms with Crippen LogP contribution in [0.15, 0.2) is 41.1 Å². The second kappa shape index (κ2) is 9.22. The molecule has 1 N–H and O–H groups in total. The molecule has 168 valence electrons. The van der Waals surface area contributed by atoms with Crippen molar-refractivity contribution in [2.75, 3.05) is 38.0 Å². The topological polar surface area (TPSA) is 92.3 Å². The van der Waals surface area contributed by atoms with E-state index in [9.17, 15) is 4.79 Å². The lowest BCUT2D eigenvalue weighted by Crippen LogP contribution is -2.45. The van der Waals surface area contributed by atoms with Crippen molar-refractivity contribution in [2.45, 2.75) is 38.6 Å². The third-order valence-electron chi connectivity index (χ3n) is 6.26. The lowest BCUT2D eigenvalue weighted by atomic mass is 10.0. The van der Waals surface area contributed by atoms with Gasteiger partial charge in [-0.3, -0.25) is 9.69 Å². The Morgan fingerprint density at radius 1 is 1.16 bits per heavy atom. The fraction of sp³-hybridized carbons (Fsp3) is 0.478. The monoisotopic (exact) mass is 435 g/mol. The maximum absolute atomic E-state index is 12.8. The molecule has 0 unspecified atom stereocenters. The zero-order valence-electron chi connectivity index (χ0n) is 18.4. The van der Waals surface area contributed by atoms with Gasteiger partial charge in [0.05, 0.1) is 6.54 Å². The third kappa shape index (κ3) is 4.73. The van der Waals surface area contributed by atoms with Crippen molar-refractivity contribution in [3.05, 3.63) is 42.4 Å². The molecule has 0 radical (unpaired) electrons. The molecule has 32 heavy (non-hydrogen) atoms. The summed E-state index contributed by atoms with van der Waals surface area (Å²) >= 11 is 0. The molecule has 5 rings (SSSR count). The molecule has 3 aromatic rings. The molecular weight excluding hydrogens is 406 g/mol. The predicted octanol–water partition coefficient (Wildman–Crippen LogP) is 2.73. The van der Waals surface area contributed by atoms with E-state index in [2.05, 4.69) is 30.2 Å². The summed E-state index contributed by atoms with van der Waals surface area (Å²) in [6.45, 7) is 6.60. The Bertz CT molecular complexity index is 1050. The smallest absolute Gasteiger partial charge is 0.239 e. The second-order valence-corrected chi connectivity index (χ2v) is 8.59. The van der Waals surface area contributed by atoms with E-state index in [4.69, 9.17) is 4.42 Å². The van der Waals surface area contributed by atoms with Crippen LogP contribution in [0.1, 0.15) is 31.4 Å². The Kier molecular flexibility index (Phi) is 6.00. The molecule has 2 aliphatic heterocycles. The van der Waals surface area contributed by atoms with E-state index in [-0.39, 0.29) is 5.91 Å². The van der Waals surface area contributed by atoms with Crippen molar-refractivity contribution in [2.24, 2.45) is 0 Å². The van der Waals surface area contributed by atoms with Crippen LogP contribution in [0.25, 0.3) is 17.4 Å². The molecule has 9 heteroatoms. The number of carbonyl (C=O) groups excluding carboxylic acids is 1. The van der Waals surface area contributed by atoms with Crippen molar-refractivity contribution >= 4 is 11.7 Å². The maximum atomic E-state index is 12.8. The molecule has 0 spiro atoms. The summed E-state index contributed by atoms with van der Waals surface area (Å²) in [6.07, 6.45) is 8.39. The van der Waals surface area contributed by atoms with Crippen molar-refractivity contribution < 1.29 is 9.21 Å². The lowest BCUT2D eigenvalue weighted by molar-refractivity contribution is -0.117. The standard InChI is InChI=1S/C23H29N7O2/c1-17-5-6-19(32-17)23-26-20(15-21(27-23)30-12-4-9-24-30)25-22(31)16-28-13-7-18(8-14-28)29-10-2-3-11-29/h4-6,9,12,15,18H,2-3,7-8,10-11,13-14,16H2,1H3,(H,25,26,27,31). The Balaban J connectivity index is 1.26. The van der Waals surface area contributed by atoms with Crippen LogP contribution in [0, 0.1) is 6.92 Å². The Morgan fingerprint density at radius 3 is 2.66 bits per heavy atom. The van der Waals surface area contributed by atoms with Gasteiger partial charge < -0.3 is 14.6 Å². The van der Waals surface area contributed by atoms with Crippen molar-refractivity contribution in [3.63, 3.8) is 0 Å². The van der Waals surface area contributed by atoms with E-state index in [0.29, 0.717) is 35.8 Å². The summed E-state index contributed by atoms with van der Waals surface area (Å²) in [6, 6.07) is 7.92. The third-order valence-corrected chi connectivity index (χ3v) is 6.26. The van der Waals surface area contributed by atoms with E-state index in [1.54, 1.807) is 23.1 Å². The number of aryl methyl sites for hydroxylation is 1. The number of nitrogens with one attached hydrogen (secondary N) is 1. The molecule has 0 bridgehead atoms. The minimum absolute atomic E-state index is 0.0729. The number of hydrogen-bond acceptors (Lipinski definition) is 7. The first kappa shape index (κ1) is 20.8. The number of likely N-dealkylation sites (tertiary alicyclic amines) is 2. The highest BCUT2D eigenvalue weighted by Gasteiger charge is 2.27. The van der Waals surface area contributed by atoms with Crippen molar-refractivity contribution in [1.29, 1.82) is 0 Å². The highest BCUT2D eigenvalue weighted by atomic mass is 16.3. The fourth-order valence-corrected chi connectivity index (χ4v) is 4.62. The number of piperidine rings is 1. The van der Waals surface area contributed by atoms with Gasteiger partial charge in [-0.1, -0.05) is 0 Å². The quantitative estimate of drug-likeness (QED) is 0.636. The van der Waals surface area contributed by atoms with Gasteiger partial charge in [-0.2, -0.15) is 5.10 Å². The number of hydrogen-bond donors (Lipinski definition) is 1. The van der Waals surface area contributed by atoms with Crippen LogP contribution in [0.5, 0.6) is 0 Å². The molecule has 1 amide bonds. The number of aromatic nitrogens is 4. The molecule has 9 nitrogen and oxygen atoms in total. The van der Waals surface area contributed by atoms with Gasteiger partial charge in [0.15, 0.2) is 17.4 Å². The minimum atomic E-state index is -0.0729. The fourth-order valence-electron chi connectivity index (χ4n) is 4.62. The minimum Gasteiger partial charge on any atom is -0.458 e. The van der Waals surface area contributed by atoms with Gasteiger partial charge >= 0.3 is 0 Å². The SMILES string of the molecule is Cc1ccc(-c2nc(NC(=O)CN3CCC(N4CCCC4)CC3)cc(-n3cccn3)n2)o1. The van der Waals surface area contributed by atoms with Crippen LogP contribution in [0.3, 0.4) is 0 Å². The zero-order chi connectivity index (χ0) is 21.9. The number of carbonyl (C=O) groups is 1. The van der Waals surface area contributed by atoms with E-state index >= 15 is 0 Å². The highest BCUT2D eigenvalue weighted by Crippen LogP contribution is 2.23. The summed E-state index contributed by atoms with van der Waals surface area (Å²) < 4.78 is 7.33. The first-order chi connectivity index (χ1) is 15.6. The molecule has 0 atom stereocenters. The van der Waals surface area contributed by atoms with Gasteiger partial charge in [0.1, 0.15) is 11.6 Å². The molecule has 0 saturated carbocycles.